The highest BCUT2D eigenvalue weighted by molar-refractivity contribution is 7.86. The number of hydrogen-bond donors (Lipinski definition) is 1. The minimum Gasteiger partial charge on any atom is -0.469 e. The van der Waals surface area contributed by atoms with Gasteiger partial charge >= 0.3 is 0 Å². The summed E-state index contributed by atoms with van der Waals surface area (Å²) in [5.74, 6) is 0.432. The van der Waals surface area contributed by atoms with Crippen LogP contribution in [0.25, 0.3) is 0 Å². The van der Waals surface area contributed by atoms with Crippen LogP contribution in [-0.4, -0.2) is 51.0 Å². The monoisotopic (exact) mass is 285 g/mol. The summed E-state index contributed by atoms with van der Waals surface area (Å²) in [5, 5.41) is 9.19. The lowest BCUT2D eigenvalue weighted by Gasteiger charge is -2.20. The molecule has 0 unspecified atom stereocenters. The molecular weight excluding hydrogens is 270 g/mol. The summed E-state index contributed by atoms with van der Waals surface area (Å²) >= 11 is 0. The normalized spacial score (nSPS) is 20.7. The molecule has 104 valence electrons. The Labute approximate surface area is 111 Å². The van der Waals surface area contributed by atoms with Crippen LogP contribution in [0.3, 0.4) is 0 Å². The average Bonchev–Trinajstić information content (AvgIpc) is 2.85. The van der Waals surface area contributed by atoms with E-state index in [-0.39, 0.29) is 6.54 Å². The van der Waals surface area contributed by atoms with Gasteiger partial charge in [-0.25, -0.2) is 4.99 Å². The molecule has 7 heteroatoms. The van der Waals surface area contributed by atoms with Gasteiger partial charge in [0.1, 0.15) is 12.2 Å². The number of nitrogens with zero attached hydrogens (tertiary/aromatic N) is 1. The smallest absolute Gasteiger partial charge is 0.264 e. The summed E-state index contributed by atoms with van der Waals surface area (Å²) in [6.45, 7) is -0.194. The van der Waals surface area contributed by atoms with Gasteiger partial charge in [0.15, 0.2) is 0 Å². The Hall–Kier alpha value is -1.44. The molecule has 1 aliphatic heterocycles. The molecule has 0 saturated carbocycles. The molecule has 2 atom stereocenters. The van der Waals surface area contributed by atoms with Crippen molar-refractivity contribution in [2.24, 2.45) is 4.99 Å². The van der Waals surface area contributed by atoms with Crippen LogP contribution in [0, 0.1) is 0 Å². The molecule has 19 heavy (non-hydrogen) atoms. The van der Waals surface area contributed by atoms with E-state index < -0.39 is 28.9 Å². The van der Waals surface area contributed by atoms with Crippen molar-refractivity contribution >= 4 is 16.0 Å². The second-order valence-corrected chi connectivity index (χ2v) is 5.79. The molecule has 0 bridgehead atoms. The Morgan fingerprint density at radius 2 is 2.16 bits per heavy atom. The number of hydrogen-bond acceptors (Lipinski definition) is 6. The predicted octanol–water partition coefficient (Wildman–Crippen LogP) is 0.169. The van der Waals surface area contributed by atoms with Gasteiger partial charge in [-0.2, -0.15) is 8.42 Å². The van der Waals surface area contributed by atoms with Gasteiger partial charge in [0, 0.05) is 5.56 Å². The van der Waals surface area contributed by atoms with Crippen molar-refractivity contribution in [3.05, 3.63) is 35.9 Å². The van der Waals surface area contributed by atoms with E-state index in [0.717, 1.165) is 11.8 Å². The summed E-state index contributed by atoms with van der Waals surface area (Å²) in [6.07, 6.45) is -0.612. The average molecular weight is 285 g/mol. The maximum atomic E-state index is 11.1. The lowest BCUT2D eigenvalue weighted by Crippen LogP contribution is -2.36. The van der Waals surface area contributed by atoms with E-state index in [2.05, 4.69) is 4.99 Å². The fourth-order valence-corrected chi connectivity index (χ4v) is 2.39. The van der Waals surface area contributed by atoms with E-state index in [4.69, 9.17) is 8.92 Å². The van der Waals surface area contributed by atoms with Gasteiger partial charge in [-0.3, -0.25) is 4.18 Å². The zero-order chi connectivity index (χ0) is 13.9. The van der Waals surface area contributed by atoms with Crippen LogP contribution in [0.1, 0.15) is 5.56 Å². The molecule has 0 aliphatic carbocycles. The van der Waals surface area contributed by atoms with Gasteiger partial charge in [0.05, 0.1) is 19.4 Å². The Morgan fingerprint density at radius 3 is 2.74 bits per heavy atom. The standard InChI is InChI=1S/C12H15NO5S/c1-19(15,16)18-11(8-14)10-7-13-12(17-10)9-5-3-2-4-6-9/h2-6,10-11,14H,7-8H2,1H3/t10-,11+/m0/s1. The van der Waals surface area contributed by atoms with E-state index >= 15 is 0 Å². The van der Waals surface area contributed by atoms with Crippen molar-refractivity contribution in [3.8, 4) is 0 Å². The van der Waals surface area contributed by atoms with Gasteiger partial charge in [-0.05, 0) is 12.1 Å². The SMILES string of the molecule is CS(=O)(=O)O[C@H](CO)[C@@H]1CN=C(c2ccccc2)O1. The third-order valence-corrected chi connectivity index (χ3v) is 3.19. The van der Waals surface area contributed by atoms with Crippen molar-refractivity contribution in [3.63, 3.8) is 0 Å². The van der Waals surface area contributed by atoms with Gasteiger partial charge < -0.3 is 9.84 Å². The first-order valence-electron chi connectivity index (χ1n) is 5.75. The number of ether oxygens (including phenoxy) is 1. The summed E-state index contributed by atoms with van der Waals surface area (Å²) in [5.41, 5.74) is 0.807. The lowest BCUT2D eigenvalue weighted by molar-refractivity contribution is 0.0288. The van der Waals surface area contributed by atoms with Crippen molar-refractivity contribution in [1.82, 2.24) is 0 Å². The molecular formula is C12H15NO5S. The van der Waals surface area contributed by atoms with Crippen LogP contribution < -0.4 is 0 Å². The molecule has 0 amide bonds. The minimum atomic E-state index is -3.65. The topological polar surface area (TPSA) is 85.2 Å². The van der Waals surface area contributed by atoms with Crippen molar-refractivity contribution in [1.29, 1.82) is 0 Å². The zero-order valence-electron chi connectivity index (χ0n) is 10.4. The number of aliphatic hydroxyl groups is 1. The highest BCUT2D eigenvalue weighted by Crippen LogP contribution is 2.17. The Kier molecular flexibility index (Phi) is 4.18. The zero-order valence-corrected chi connectivity index (χ0v) is 11.2. The summed E-state index contributed by atoms with van der Waals surface area (Å²) in [6, 6.07) is 9.26. The van der Waals surface area contributed by atoms with Crippen molar-refractivity contribution < 1.29 is 22.4 Å². The van der Waals surface area contributed by atoms with E-state index in [9.17, 15) is 13.5 Å². The molecule has 0 radical (unpaired) electrons. The molecule has 1 aromatic carbocycles. The predicted molar refractivity (Wildman–Crippen MR) is 69.5 cm³/mol. The fraction of sp³-hybridized carbons (Fsp3) is 0.417. The van der Waals surface area contributed by atoms with Gasteiger partial charge in [-0.1, -0.05) is 18.2 Å². The molecule has 0 spiro atoms. The molecule has 0 saturated heterocycles. The lowest BCUT2D eigenvalue weighted by atomic mass is 10.2. The maximum absolute atomic E-state index is 11.1. The molecule has 1 N–H and O–H groups in total. The molecule has 6 nitrogen and oxygen atoms in total. The van der Waals surface area contributed by atoms with Crippen molar-refractivity contribution in [2.45, 2.75) is 12.2 Å². The quantitative estimate of drug-likeness (QED) is 0.779. The summed E-state index contributed by atoms with van der Waals surface area (Å²) < 4.78 is 32.5. The second kappa shape index (κ2) is 5.68. The number of benzene rings is 1. The minimum absolute atomic E-state index is 0.255. The first-order chi connectivity index (χ1) is 8.99. The first-order valence-corrected chi connectivity index (χ1v) is 7.57. The van der Waals surface area contributed by atoms with Crippen LogP contribution in [0.4, 0.5) is 0 Å². The number of rotatable bonds is 5. The van der Waals surface area contributed by atoms with Crippen LogP contribution in [-0.2, 0) is 19.0 Å². The molecule has 1 aliphatic rings. The summed E-state index contributed by atoms with van der Waals surface area (Å²) in [4.78, 5) is 4.19. The molecule has 0 aromatic heterocycles. The Bertz CT molecular complexity index is 555. The number of aliphatic imine (C=N–C) groups is 1. The van der Waals surface area contributed by atoms with E-state index in [1.807, 2.05) is 30.3 Å². The highest BCUT2D eigenvalue weighted by Gasteiger charge is 2.32. The molecule has 2 rings (SSSR count). The molecule has 1 heterocycles. The van der Waals surface area contributed by atoms with E-state index in [0.29, 0.717) is 5.90 Å². The van der Waals surface area contributed by atoms with Crippen LogP contribution in [0.5, 0.6) is 0 Å². The Morgan fingerprint density at radius 1 is 1.47 bits per heavy atom. The summed E-state index contributed by atoms with van der Waals surface area (Å²) in [7, 11) is -3.65. The largest absolute Gasteiger partial charge is 0.469 e. The van der Waals surface area contributed by atoms with Crippen LogP contribution in [0.15, 0.2) is 35.3 Å². The molecule has 0 fully saturated rings. The highest BCUT2D eigenvalue weighted by atomic mass is 32.2. The number of aliphatic hydroxyl groups excluding tert-OH is 1. The van der Waals surface area contributed by atoms with Crippen LogP contribution in [0.2, 0.25) is 0 Å². The Balaban J connectivity index is 2.03. The van der Waals surface area contributed by atoms with Crippen LogP contribution >= 0.6 is 0 Å². The van der Waals surface area contributed by atoms with E-state index in [1.54, 1.807) is 0 Å². The van der Waals surface area contributed by atoms with Gasteiger partial charge in [0.25, 0.3) is 10.1 Å². The van der Waals surface area contributed by atoms with E-state index in [1.165, 1.54) is 0 Å². The first kappa shape index (κ1) is 14.0. The molecule has 1 aromatic rings. The fourth-order valence-electron chi connectivity index (χ4n) is 1.76. The van der Waals surface area contributed by atoms with Gasteiger partial charge in [-0.15, -0.1) is 0 Å². The third-order valence-electron chi connectivity index (χ3n) is 2.59. The van der Waals surface area contributed by atoms with Crippen molar-refractivity contribution in [2.75, 3.05) is 19.4 Å². The third kappa shape index (κ3) is 3.76. The maximum Gasteiger partial charge on any atom is 0.264 e. The second-order valence-electron chi connectivity index (χ2n) is 4.19. The van der Waals surface area contributed by atoms with Gasteiger partial charge in [0.2, 0.25) is 5.90 Å².